The number of likely N-dealkylation sites (tertiary alicyclic amines) is 1. The number of piperidine rings is 1. The monoisotopic (exact) mass is 535 g/mol. The molecule has 4 N–H and O–H groups in total. The summed E-state index contributed by atoms with van der Waals surface area (Å²) >= 11 is 0. The number of nitrogens with one attached hydrogen (secondary N) is 2. The van der Waals surface area contributed by atoms with Gasteiger partial charge in [0.15, 0.2) is 0 Å². The molecule has 0 radical (unpaired) electrons. The van der Waals surface area contributed by atoms with Gasteiger partial charge in [-0.1, -0.05) is 7.43 Å². The Balaban J connectivity index is 0.00000400. The highest BCUT2D eigenvalue weighted by molar-refractivity contribution is 5.94. The zero-order valence-electron chi connectivity index (χ0n) is 20.9. The highest BCUT2D eigenvalue weighted by Gasteiger charge is 2.37. The maximum atomic E-state index is 13.6. The van der Waals surface area contributed by atoms with Crippen LogP contribution < -0.4 is 16.4 Å². The van der Waals surface area contributed by atoms with Gasteiger partial charge in [0.1, 0.15) is 11.4 Å². The van der Waals surface area contributed by atoms with Crippen LogP contribution in [-0.4, -0.2) is 70.9 Å². The van der Waals surface area contributed by atoms with Crippen molar-refractivity contribution in [3.63, 3.8) is 0 Å². The minimum atomic E-state index is -4.65. The van der Waals surface area contributed by atoms with E-state index in [0.717, 1.165) is 32.1 Å². The van der Waals surface area contributed by atoms with Crippen molar-refractivity contribution >= 4 is 29.3 Å². The van der Waals surface area contributed by atoms with Gasteiger partial charge in [-0.2, -0.15) is 18.2 Å². The minimum Gasteiger partial charge on any atom is -0.369 e. The van der Waals surface area contributed by atoms with Gasteiger partial charge in [0.05, 0.1) is 0 Å². The highest BCUT2D eigenvalue weighted by atomic mass is 19.4. The molecule has 0 spiro atoms. The number of hydrogen-bond acceptors (Lipinski definition) is 7. The number of amides is 2. The van der Waals surface area contributed by atoms with Crippen molar-refractivity contribution in [2.75, 3.05) is 37.8 Å². The molecule has 1 aromatic carbocycles. The number of nitrogens with zero attached hydrogens (tertiary/aromatic N) is 4. The Hall–Kier alpha value is -3.41. The number of alkyl halides is 3. The first-order valence-corrected chi connectivity index (χ1v) is 12.3. The van der Waals surface area contributed by atoms with Crippen LogP contribution in [0.25, 0.3) is 0 Å². The third-order valence-electron chi connectivity index (χ3n) is 7.21. The molecule has 1 saturated carbocycles. The lowest BCUT2D eigenvalue weighted by atomic mass is 10.0. The van der Waals surface area contributed by atoms with E-state index in [9.17, 15) is 22.8 Å². The van der Waals surface area contributed by atoms with Gasteiger partial charge >= 0.3 is 6.18 Å². The van der Waals surface area contributed by atoms with Crippen molar-refractivity contribution < 1.29 is 22.8 Å². The third-order valence-corrected chi connectivity index (χ3v) is 7.21. The summed E-state index contributed by atoms with van der Waals surface area (Å²) in [5.41, 5.74) is 5.40. The van der Waals surface area contributed by atoms with Crippen LogP contribution in [0.4, 0.5) is 30.6 Å². The Morgan fingerprint density at radius 2 is 1.76 bits per heavy atom. The Morgan fingerprint density at radius 3 is 2.34 bits per heavy atom. The van der Waals surface area contributed by atoms with Gasteiger partial charge in [-0.05, 0) is 76.5 Å². The minimum absolute atomic E-state index is 0. The molecule has 1 aliphatic heterocycles. The van der Waals surface area contributed by atoms with E-state index < -0.39 is 17.6 Å². The summed E-state index contributed by atoms with van der Waals surface area (Å²) in [4.78, 5) is 36.3. The normalized spacial score (nSPS) is 20.4. The van der Waals surface area contributed by atoms with E-state index in [1.165, 1.54) is 0 Å². The fourth-order valence-electron chi connectivity index (χ4n) is 4.90. The molecule has 208 valence electrons. The van der Waals surface area contributed by atoms with Crippen LogP contribution in [0.3, 0.4) is 0 Å². The van der Waals surface area contributed by atoms with Crippen molar-refractivity contribution in [3.8, 4) is 0 Å². The predicted octanol–water partition coefficient (Wildman–Crippen LogP) is 4.11. The molecule has 2 fully saturated rings. The van der Waals surface area contributed by atoms with Gasteiger partial charge in [-0.3, -0.25) is 9.59 Å². The number of halogens is 3. The lowest BCUT2D eigenvalue weighted by Crippen LogP contribution is -2.44. The number of hydrogen-bond donors (Lipinski definition) is 3. The number of anilines is 3. The third kappa shape index (κ3) is 6.91. The molecule has 38 heavy (non-hydrogen) atoms. The summed E-state index contributed by atoms with van der Waals surface area (Å²) in [7, 11) is 3.88. The van der Waals surface area contributed by atoms with Crippen LogP contribution in [0.15, 0.2) is 30.5 Å². The van der Waals surface area contributed by atoms with E-state index in [1.54, 1.807) is 29.2 Å². The summed E-state index contributed by atoms with van der Waals surface area (Å²) in [5, 5.41) is 5.73. The number of aromatic nitrogens is 2. The summed E-state index contributed by atoms with van der Waals surface area (Å²) in [6, 6.07) is 6.50. The van der Waals surface area contributed by atoms with Crippen LogP contribution in [0, 0.1) is 5.92 Å². The lowest BCUT2D eigenvalue weighted by Gasteiger charge is -2.35. The Bertz CT molecular complexity index is 1120. The fraction of sp³-hybridized carbons (Fsp3) is 0.538. The molecule has 2 heterocycles. The van der Waals surface area contributed by atoms with Gasteiger partial charge in [0, 0.05) is 42.5 Å². The molecule has 9 nitrogen and oxygen atoms in total. The van der Waals surface area contributed by atoms with E-state index in [1.807, 2.05) is 7.05 Å². The van der Waals surface area contributed by atoms with Crippen LogP contribution in [-0.2, 0) is 11.0 Å². The molecule has 1 aromatic heterocycles. The molecular weight excluding hydrogens is 499 g/mol. The molecular formula is C26H36F3N7O2. The summed E-state index contributed by atoms with van der Waals surface area (Å²) < 4.78 is 40.7. The van der Waals surface area contributed by atoms with E-state index in [-0.39, 0.29) is 43.1 Å². The molecule has 2 amide bonds. The molecule has 0 unspecified atom stereocenters. The topological polar surface area (TPSA) is 116 Å². The molecule has 4 rings (SSSR count). The van der Waals surface area contributed by atoms with Gasteiger partial charge < -0.3 is 26.2 Å². The molecule has 1 aliphatic carbocycles. The number of rotatable bonds is 7. The van der Waals surface area contributed by atoms with Gasteiger partial charge in [0.25, 0.3) is 5.91 Å². The SMILES string of the molecule is C.CN1CCC(N(C)C(=O)c2ccc(Nc3ncc(C(F)(F)F)c(N[C@@H]4CC[C@H](C(N)=O)C4)n3)cc2)CC1. The zero-order chi connectivity index (χ0) is 26.7. The second-order valence-corrected chi connectivity index (χ2v) is 9.86. The highest BCUT2D eigenvalue weighted by Crippen LogP contribution is 2.36. The van der Waals surface area contributed by atoms with Crippen LogP contribution in [0.2, 0.25) is 0 Å². The average molecular weight is 536 g/mol. The Kier molecular flexibility index (Phi) is 9.18. The molecule has 12 heteroatoms. The average Bonchev–Trinajstić information content (AvgIpc) is 3.32. The summed E-state index contributed by atoms with van der Waals surface area (Å²) in [6.07, 6.45) is -0.701. The molecule has 2 aliphatic rings. The second kappa shape index (κ2) is 12.0. The maximum absolute atomic E-state index is 13.6. The molecule has 0 bridgehead atoms. The van der Waals surface area contributed by atoms with Crippen molar-refractivity contribution in [2.45, 2.75) is 57.8 Å². The number of primary amides is 1. The van der Waals surface area contributed by atoms with Gasteiger partial charge in [0.2, 0.25) is 11.9 Å². The maximum Gasteiger partial charge on any atom is 0.421 e. The first-order valence-electron chi connectivity index (χ1n) is 12.3. The molecule has 2 atom stereocenters. The van der Waals surface area contributed by atoms with Crippen molar-refractivity contribution in [3.05, 3.63) is 41.6 Å². The number of carbonyl (C=O) groups is 2. The quantitative estimate of drug-likeness (QED) is 0.489. The Labute approximate surface area is 221 Å². The van der Waals surface area contributed by atoms with E-state index >= 15 is 0 Å². The van der Waals surface area contributed by atoms with Crippen molar-refractivity contribution in [1.29, 1.82) is 0 Å². The number of benzene rings is 1. The van der Waals surface area contributed by atoms with Crippen LogP contribution >= 0.6 is 0 Å². The first kappa shape index (κ1) is 29.2. The standard InChI is InChI=1S/C25H32F3N7O2.CH4/c1-34-11-9-19(10-12-34)35(2)23(37)15-3-6-17(7-4-15)32-24-30-14-20(25(26,27)28)22(33-24)31-18-8-5-16(13-18)21(29)36;/h3-4,6-7,14,16,18-19H,5,8-13H2,1-2H3,(H2,29,36)(H2,30,31,32,33);1H4/t16-,18+;/m0./s1. The molecule has 1 saturated heterocycles. The number of carbonyl (C=O) groups excluding carboxylic acids is 2. The second-order valence-electron chi connectivity index (χ2n) is 9.86. The lowest BCUT2D eigenvalue weighted by molar-refractivity contribution is -0.137. The smallest absolute Gasteiger partial charge is 0.369 e. The van der Waals surface area contributed by atoms with E-state index in [0.29, 0.717) is 30.5 Å². The van der Waals surface area contributed by atoms with Crippen LogP contribution in [0.1, 0.15) is 55.5 Å². The Morgan fingerprint density at radius 1 is 1.11 bits per heavy atom. The van der Waals surface area contributed by atoms with Crippen molar-refractivity contribution in [2.24, 2.45) is 11.7 Å². The first-order chi connectivity index (χ1) is 17.5. The van der Waals surface area contributed by atoms with Gasteiger partial charge in [-0.15, -0.1) is 0 Å². The fourth-order valence-corrected chi connectivity index (χ4v) is 4.90. The predicted molar refractivity (Wildman–Crippen MR) is 140 cm³/mol. The van der Waals surface area contributed by atoms with E-state index in [2.05, 4.69) is 32.5 Å². The van der Waals surface area contributed by atoms with Gasteiger partial charge in [-0.25, -0.2) is 4.98 Å². The van der Waals surface area contributed by atoms with E-state index in [4.69, 9.17) is 5.73 Å². The summed E-state index contributed by atoms with van der Waals surface area (Å²) in [6.45, 7) is 1.89. The molecule has 2 aromatic rings. The largest absolute Gasteiger partial charge is 0.421 e. The van der Waals surface area contributed by atoms with Crippen LogP contribution in [0.5, 0.6) is 0 Å². The number of nitrogens with two attached hydrogens (primary N) is 1. The zero-order valence-corrected chi connectivity index (χ0v) is 20.9. The summed E-state index contributed by atoms with van der Waals surface area (Å²) in [5.74, 6) is -1.28. The van der Waals surface area contributed by atoms with Crippen molar-refractivity contribution in [1.82, 2.24) is 19.8 Å².